The lowest BCUT2D eigenvalue weighted by atomic mass is 10.1. The standard InChI is InChI=1S/C23H22FN5O/c1-28(2)12-11-25-23(30)18-7-3-6-17(13-18)21-15-26-22-10-9-20(27-29(21)22)16-5-4-8-19(24)14-16/h3-10,13-15H,11-12H2,1-2H3,(H,25,30). The first-order valence-electron chi connectivity index (χ1n) is 9.65. The molecule has 2 heterocycles. The topological polar surface area (TPSA) is 62.5 Å². The number of hydrogen-bond acceptors (Lipinski definition) is 4. The Balaban J connectivity index is 1.66. The third-order valence-electron chi connectivity index (χ3n) is 4.75. The zero-order valence-corrected chi connectivity index (χ0v) is 16.8. The summed E-state index contributed by atoms with van der Waals surface area (Å²) >= 11 is 0. The number of hydrogen-bond donors (Lipinski definition) is 1. The van der Waals surface area contributed by atoms with Gasteiger partial charge in [-0.2, -0.15) is 5.10 Å². The van der Waals surface area contributed by atoms with E-state index in [-0.39, 0.29) is 11.7 Å². The summed E-state index contributed by atoms with van der Waals surface area (Å²) < 4.78 is 15.3. The molecule has 0 bridgehead atoms. The van der Waals surface area contributed by atoms with Crippen LogP contribution in [0.15, 0.2) is 66.9 Å². The van der Waals surface area contributed by atoms with E-state index in [0.29, 0.717) is 29.0 Å². The van der Waals surface area contributed by atoms with Crippen LogP contribution < -0.4 is 5.32 Å². The van der Waals surface area contributed by atoms with Crippen molar-refractivity contribution in [3.63, 3.8) is 0 Å². The minimum absolute atomic E-state index is 0.124. The smallest absolute Gasteiger partial charge is 0.251 e. The molecule has 0 saturated carbocycles. The van der Waals surface area contributed by atoms with Crippen molar-refractivity contribution in [1.82, 2.24) is 24.8 Å². The molecular formula is C23H22FN5O. The number of nitrogens with one attached hydrogen (secondary N) is 1. The lowest BCUT2D eigenvalue weighted by molar-refractivity contribution is 0.0951. The van der Waals surface area contributed by atoms with Gasteiger partial charge in [-0.3, -0.25) is 4.79 Å². The Morgan fingerprint density at radius 1 is 1.07 bits per heavy atom. The number of carbonyl (C=O) groups is 1. The van der Waals surface area contributed by atoms with E-state index in [9.17, 15) is 9.18 Å². The predicted octanol–water partition coefficient (Wildman–Crippen LogP) is 3.49. The number of nitrogens with zero attached hydrogens (tertiary/aromatic N) is 4. The van der Waals surface area contributed by atoms with Crippen molar-refractivity contribution < 1.29 is 9.18 Å². The van der Waals surface area contributed by atoms with E-state index < -0.39 is 0 Å². The Hall–Kier alpha value is -3.58. The quantitative estimate of drug-likeness (QED) is 0.535. The summed E-state index contributed by atoms with van der Waals surface area (Å²) in [5.74, 6) is -0.436. The van der Waals surface area contributed by atoms with Gasteiger partial charge in [-0.25, -0.2) is 13.9 Å². The predicted molar refractivity (Wildman–Crippen MR) is 115 cm³/mol. The Morgan fingerprint density at radius 2 is 1.87 bits per heavy atom. The molecule has 2 aromatic heterocycles. The molecule has 2 aromatic carbocycles. The number of benzene rings is 2. The lowest BCUT2D eigenvalue weighted by Gasteiger charge is -2.11. The van der Waals surface area contributed by atoms with Crippen molar-refractivity contribution in [3.8, 4) is 22.5 Å². The molecule has 1 amide bonds. The molecule has 0 aliphatic carbocycles. The molecular weight excluding hydrogens is 381 g/mol. The van der Waals surface area contributed by atoms with E-state index in [0.717, 1.165) is 17.8 Å². The number of rotatable bonds is 6. The number of halogens is 1. The fourth-order valence-electron chi connectivity index (χ4n) is 3.19. The zero-order valence-electron chi connectivity index (χ0n) is 16.8. The van der Waals surface area contributed by atoms with Crippen LogP contribution in [0.5, 0.6) is 0 Å². The first-order valence-corrected chi connectivity index (χ1v) is 9.65. The molecule has 30 heavy (non-hydrogen) atoms. The normalized spacial score (nSPS) is 11.2. The lowest BCUT2D eigenvalue weighted by Crippen LogP contribution is -2.31. The van der Waals surface area contributed by atoms with Crippen LogP contribution in [-0.2, 0) is 0 Å². The van der Waals surface area contributed by atoms with Gasteiger partial charge < -0.3 is 10.2 Å². The molecule has 0 atom stereocenters. The largest absolute Gasteiger partial charge is 0.351 e. The Bertz CT molecular complexity index is 1200. The molecule has 0 aliphatic rings. The summed E-state index contributed by atoms with van der Waals surface area (Å²) in [5.41, 5.74) is 4.15. The van der Waals surface area contributed by atoms with Gasteiger partial charge in [0.15, 0.2) is 5.65 Å². The van der Waals surface area contributed by atoms with E-state index in [1.165, 1.54) is 12.1 Å². The molecule has 7 heteroatoms. The second-order valence-corrected chi connectivity index (χ2v) is 7.28. The van der Waals surface area contributed by atoms with Crippen LogP contribution in [0.2, 0.25) is 0 Å². The Morgan fingerprint density at radius 3 is 2.67 bits per heavy atom. The summed E-state index contributed by atoms with van der Waals surface area (Å²) in [6.07, 6.45) is 1.72. The van der Waals surface area contributed by atoms with Gasteiger partial charge in [-0.05, 0) is 50.5 Å². The van der Waals surface area contributed by atoms with Crippen molar-refractivity contribution in [1.29, 1.82) is 0 Å². The summed E-state index contributed by atoms with van der Waals surface area (Å²) in [6.45, 7) is 1.34. The maximum Gasteiger partial charge on any atom is 0.251 e. The molecule has 6 nitrogen and oxygen atoms in total. The highest BCUT2D eigenvalue weighted by Gasteiger charge is 2.12. The molecule has 4 rings (SSSR count). The first-order chi connectivity index (χ1) is 14.5. The Labute approximate surface area is 174 Å². The van der Waals surface area contributed by atoms with Gasteiger partial charge >= 0.3 is 0 Å². The molecule has 152 valence electrons. The third kappa shape index (κ3) is 4.21. The van der Waals surface area contributed by atoms with E-state index in [1.54, 1.807) is 22.8 Å². The summed E-state index contributed by atoms with van der Waals surface area (Å²) in [5, 5.41) is 7.57. The highest BCUT2D eigenvalue weighted by molar-refractivity contribution is 5.95. The molecule has 0 unspecified atom stereocenters. The van der Waals surface area contributed by atoms with Crippen LogP contribution in [0.3, 0.4) is 0 Å². The SMILES string of the molecule is CN(C)CCNC(=O)c1cccc(-c2cnc3ccc(-c4cccc(F)c4)nn23)c1. The molecule has 4 aromatic rings. The van der Waals surface area contributed by atoms with Gasteiger partial charge in [0.1, 0.15) is 5.82 Å². The fraction of sp³-hybridized carbons (Fsp3) is 0.174. The van der Waals surface area contributed by atoms with E-state index >= 15 is 0 Å². The number of aromatic nitrogens is 3. The third-order valence-corrected chi connectivity index (χ3v) is 4.75. The van der Waals surface area contributed by atoms with Crippen molar-refractivity contribution in [2.24, 2.45) is 0 Å². The van der Waals surface area contributed by atoms with Crippen LogP contribution >= 0.6 is 0 Å². The minimum Gasteiger partial charge on any atom is -0.351 e. The van der Waals surface area contributed by atoms with Gasteiger partial charge in [0, 0.05) is 29.8 Å². The van der Waals surface area contributed by atoms with Gasteiger partial charge in [-0.1, -0.05) is 24.3 Å². The van der Waals surface area contributed by atoms with Crippen molar-refractivity contribution in [2.45, 2.75) is 0 Å². The summed E-state index contributed by atoms with van der Waals surface area (Å²) in [7, 11) is 3.92. The molecule has 0 radical (unpaired) electrons. The molecule has 1 N–H and O–H groups in total. The number of likely N-dealkylation sites (N-methyl/N-ethyl adjacent to an activating group) is 1. The molecule has 0 aliphatic heterocycles. The van der Waals surface area contributed by atoms with Gasteiger partial charge in [0.05, 0.1) is 17.6 Å². The first kappa shape index (κ1) is 19.7. The molecule has 0 fully saturated rings. The number of fused-ring (bicyclic) bond motifs is 1. The van der Waals surface area contributed by atoms with E-state index in [2.05, 4.69) is 15.4 Å². The monoisotopic (exact) mass is 403 g/mol. The van der Waals surface area contributed by atoms with Gasteiger partial charge in [0.2, 0.25) is 0 Å². The maximum absolute atomic E-state index is 13.6. The fourth-order valence-corrected chi connectivity index (χ4v) is 3.19. The number of amides is 1. The molecule has 0 spiro atoms. The Kier molecular flexibility index (Phi) is 5.54. The van der Waals surface area contributed by atoms with Crippen LogP contribution in [0, 0.1) is 5.82 Å². The summed E-state index contributed by atoms with van der Waals surface area (Å²) in [6, 6.07) is 17.3. The van der Waals surface area contributed by atoms with Crippen molar-refractivity contribution >= 4 is 11.6 Å². The van der Waals surface area contributed by atoms with Crippen LogP contribution in [-0.4, -0.2) is 52.6 Å². The summed E-state index contributed by atoms with van der Waals surface area (Å²) in [4.78, 5) is 18.9. The number of imidazole rings is 1. The van der Waals surface area contributed by atoms with Crippen LogP contribution in [0.1, 0.15) is 10.4 Å². The maximum atomic E-state index is 13.6. The average Bonchev–Trinajstić information content (AvgIpc) is 3.17. The van der Waals surface area contributed by atoms with Crippen LogP contribution in [0.25, 0.3) is 28.2 Å². The average molecular weight is 403 g/mol. The van der Waals surface area contributed by atoms with Crippen LogP contribution in [0.4, 0.5) is 4.39 Å². The van der Waals surface area contributed by atoms with Crippen molar-refractivity contribution in [3.05, 3.63) is 78.2 Å². The second kappa shape index (κ2) is 8.42. The van der Waals surface area contributed by atoms with E-state index in [1.807, 2.05) is 55.4 Å². The zero-order chi connectivity index (χ0) is 21.1. The van der Waals surface area contributed by atoms with E-state index in [4.69, 9.17) is 0 Å². The second-order valence-electron chi connectivity index (χ2n) is 7.28. The van der Waals surface area contributed by atoms with Gasteiger partial charge in [0.25, 0.3) is 5.91 Å². The number of carbonyl (C=O) groups excluding carboxylic acids is 1. The highest BCUT2D eigenvalue weighted by Crippen LogP contribution is 2.24. The van der Waals surface area contributed by atoms with Gasteiger partial charge in [-0.15, -0.1) is 0 Å². The minimum atomic E-state index is -0.312. The molecule has 0 saturated heterocycles. The van der Waals surface area contributed by atoms with Crippen molar-refractivity contribution in [2.75, 3.05) is 27.2 Å². The highest BCUT2D eigenvalue weighted by atomic mass is 19.1.